The zero-order valence-corrected chi connectivity index (χ0v) is 20.5. The monoisotopic (exact) mass is 488 g/mol. The van der Waals surface area contributed by atoms with Crippen LogP contribution >= 0.6 is 0 Å². The summed E-state index contributed by atoms with van der Waals surface area (Å²) in [5, 5.41) is 11.1. The standard InChI is InChI=1S/C28H28N2O4S/c1-29(2)26-17-7-15-24-23(26)14-8-18-27(24)30(35(33)34)25-16-4-3-11-21(25)12-5-9-20-10-6-13-22(19-20)28(31)32/h3-4,6-8,10-11,13-19H,5,9,12H2,1-2H3,(H,31,32)(H,33,34). The van der Waals surface area contributed by atoms with Crippen molar-refractivity contribution < 1.29 is 18.7 Å². The Balaban J connectivity index is 1.67. The van der Waals surface area contributed by atoms with E-state index in [0.717, 1.165) is 34.0 Å². The average molecular weight is 489 g/mol. The molecule has 0 spiro atoms. The van der Waals surface area contributed by atoms with Crippen LogP contribution in [0.15, 0.2) is 84.9 Å². The number of aryl methyl sites for hydroxylation is 2. The number of fused-ring (bicyclic) bond motifs is 1. The maximum absolute atomic E-state index is 12.7. The Labute approximate surface area is 207 Å². The molecule has 0 amide bonds. The van der Waals surface area contributed by atoms with Crippen LogP contribution in [0.25, 0.3) is 10.8 Å². The fourth-order valence-electron chi connectivity index (χ4n) is 4.41. The first-order chi connectivity index (χ1) is 16.9. The molecule has 0 aliphatic heterocycles. The largest absolute Gasteiger partial charge is 0.478 e. The van der Waals surface area contributed by atoms with Gasteiger partial charge < -0.3 is 10.0 Å². The Bertz CT molecular complexity index is 1390. The van der Waals surface area contributed by atoms with Gasteiger partial charge in [0, 0.05) is 30.6 Å². The molecule has 2 N–H and O–H groups in total. The second-order valence-corrected chi connectivity index (χ2v) is 9.38. The average Bonchev–Trinajstić information content (AvgIpc) is 2.85. The number of anilines is 3. The Kier molecular flexibility index (Phi) is 7.48. The number of rotatable bonds is 9. The number of benzene rings is 4. The summed E-state index contributed by atoms with van der Waals surface area (Å²) in [5.74, 6) is -0.939. The van der Waals surface area contributed by atoms with E-state index in [0.29, 0.717) is 24.2 Å². The minimum atomic E-state index is -2.28. The number of carboxylic acid groups (broad SMARTS) is 1. The second-order valence-electron chi connectivity index (χ2n) is 8.56. The molecule has 180 valence electrons. The number of nitrogens with zero attached hydrogens (tertiary/aromatic N) is 2. The number of hydrogen-bond donors (Lipinski definition) is 2. The van der Waals surface area contributed by atoms with Crippen molar-refractivity contribution in [1.82, 2.24) is 0 Å². The van der Waals surface area contributed by atoms with Crippen LogP contribution in [0.2, 0.25) is 0 Å². The fraction of sp³-hybridized carbons (Fsp3) is 0.179. The maximum atomic E-state index is 12.7. The van der Waals surface area contributed by atoms with Gasteiger partial charge in [0.05, 0.1) is 16.9 Å². The normalized spacial score (nSPS) is 11.9. The van der Waals surface area contributed by atoms with E-state index < -0.39 is 17.2 Å². The van der Waals surface area contributed by atoms with E-state index in [1.165, 1.54) is 4.31 Å². The van der Waals surface area contributed by atoms with Gasteiger partial charge in [0.25, 0.3) is 11.3 Å². The molecule has 1 unspecified atom stereocenters. The Morgan fingerprint density at radius 1 is 0.800 bits per heavy atom. The van der Waals surface area contributed by atoms with Gasteiger partial charge in [0.15, 0.2) is 0 Å². The van der Waals surface area contributed by atoms with E-state index in [4.69, 9.17) is 0 Å². The topological polar surface area (TPSA) is 81.1 Å². The van der Waals surface area contributed by atoms with Crippen LogP contribution in [0.3, 0.4) is 0 Å². The molecule has 6 nitrogen and oxygen atoms in total. The van der Waals surface area contributed by atoms with Gasteiger partial charge >= 0.3 is 5.97 Å². The first-order valence-electron chi connectivity index (χ1n) is 11.4. The van der Waals surface area contributed by atoms with Crippen LogP contribution in [0.4, 0.5) is 17.1 Å². The summed E-state index contributed by atoms with van der Waals surface area (Å²) in [4.78, 5) is 13.3. The summed E-state index contributed by atoms with van der Waals surface area (Å²) in [6.07, 6.45) is 2.15. The van der Waals surface area contributed by atoms with Crippen molar-refractivity contribution in [3.8, 4) is 0 Å². The number of carbonyl (C=O) groups is 1. The van der Waals surface area contributed by atoms with E-state index in [-0.39, 0.29) is 5.56 Å². The molecule has 1 atom stereocenters. The first-order valence-corrected chi connectivity index (χ1v) is 12.4. The van der Waals surface area contributed by atoms with Crippen LogP contribution in [0.1, 0.15) is 27.9 Å². The molecule has 0 aliphatic rings. The Morgan fingerprint density at radius 3 is 2.11 bits per heavy atom. The molecular weight excluding hydrogens is 460 g/mol. The summed E-state index contributed by atoms with van der Waals surface area (Å²) in [5.41, 5.74) is 4.55. The number of carboxylic acids is 1. The van der Waals surface area contributed by atoms with E-state index >= 15 is 0 Å². The van der Waals surface area contributed by atoms with E-state index in [2.05, 4.69) is 0 Å². The highest BCUT2D eigenvalue weighted by atomic mass is 32.2. The fourth-order valence-corrected chi connectivity index (χ4v) is 5.08. The van der Waals surface area contributed by atoms with Crippen molar-refractivity contribution >= 4 is 45.1 Å². The minimum absolute atomic E-state index is 0.276. The van der Waals surface area contributed by atoms with Crippen molar-refractivity contribution in [2.75, 3.05) is 23.3 Å². The lowest BCUT2D eigenvalue weighted by Crippen LogP contribution is -2.21. The Morgan fingerprint density at radius 2 is 1.43 bits per heavy atom. The van der Waals surface area contributed by atoms with E-state index in [9.17, 15) is 18.7 Å². The Hall–Kier alpha value is -3.68. The van der Waals surface area contributed by atoms with Crippen LogP contribution in [0.5, 0.6) is 0 Å². The lowest BCUT2D eigenvalue weighted by Gasteiger charge is -2.25. The SMILES string of the molecule is CN(C)c1cccc2c(N(c3ccccc3CCCc3cccc(C(=O)O)c3)S(=O)O)cccc12. The number of para-hydroxylation sites is 1. The van der Waals surface area contributed by atoms with Gasteiger partial charge in [-0.3, -0.25) is 4.55 Å². The molecule has 4 aromatic rings. The molecule has 4 rings (SSSR count). The highest BCUT2D eigenvalue weighted by Crippen LogP contribution is 2.38. The van der Waals surface area contributed by atoms with Crippen LogP contribution in [-0.2, 0) is 24.1 Å². The zero-order chi connectivity index (χ0) is 24.9. The number of aromatic carboxylic acids is 1. The summed E-state index contributed by atoms with van der Waals surface area (Å²) in [6.45, 7) is 0. The molecule has 0 saturated carbocycles. The van der Waals surface area contributed by atoms with Crippen molar-refractivity contribution in [2.24, 2.45) is 0 Å². The summed E-state index contributed by atoms with van der Waals surface area (Å²) >= 11 is -2.28. The molecule has 0 saturated heterocycles. The van der Waals surface area contributed by atoms with Crippen molar-refractivity contribution in [3.63, 3.8) is 0 Å². The van der Waals surface area contributed by atoms with Gasteiger partial charge in [-0.15, -0.1) is 0 Å². The van der Waals surface area contributed by atoms with Crippen LogP contribution in [-0.4, -0.2) is 33.9 Å². The molecule has 0 fully saturated rings. The molecule has 7 heteroatoms. The van der Waals surface area contributed by atoms with Crippen LogP contribution in [0, 0.1) is 0 Å². The van der Waals surface area contributed by atoms with Gasteiger partial charge in [0.1, 0.15) is 0 Å². The molecule has 0 radical (unpaired) electrons. The highest BCUT2D eigenvalue weighted by Gasteiger charge is 2.21. The third-order valence-corrected chi connectivity index (χ3v) is 6.73. The lowest BCUT2D eigenvalue weighted by atomic mass is 10.0. The molecule has 0 heterocycles. The van der Waals surface area contributed by atoms with Crippen molar-refractivity contribution in [3.05, 3.63) is 102 Å². The van der Waals surface area contributed by atoms with E-state index in [1.54, 1.807) is 18.2 Å². The summed E-state index contributed by atoms with van der Waals surface area (Å²) < 4.78 is 24.6. The zero-order valence-electron chi connectivity index (χ0n) is 19.7. The van der Waals surface area contributed by atoms with Crippen molar-refractivity contribution in [2.45, 2.75) is 19.3 Å². The van der Waals surface area contributed by atoms with Crippen molar-refractivity contribution in [1.29, 1.82) is 0 Å². The van der Waals surface area contributed by atoms with Gasteiger partial charge in [-0.1, -0.05) is 54.6 Å². The molecule has 35 heavy (non-hydrogen) atoms. The molecular formula is C28H28N2O4S. The van der Waals surface area contributed by atoms with Gasteiger partial charge in [-0.25, -0.2) is 13.3 Å². The predicted molar refractivity (Wildman–Crippen MR) is 143 cm³/mol. The number of hydrogen-bond acceptors (Lipinski definition) is 3. The highest BCUT2D eigenvalue weighted by molar-refractivity contribution is 7.81. The van der Waals surface area contributed by atoms with Gasteiger partial charge in [-0.2, -0.15) is 0 Å². The summed E-state index contributed by atoms with van der Waals surface area (Å²) in [6, 6.07) is 26.3. The quantitative estimate of drug-likeness (QED) is 0.280. The lowest BCUT2D eigenvalue weighted by molar-refractivity contribution is 0.0696. The smallest absolute Gasteiger partial charge is 0.335 e. The van der Waals surface area contributed by atoms with Gasteiger partial charge in [-0.05, 0) is 60.7 Å². The van der Waals surface area contributed by atoms with Gasteiger partial charge in [0.2, 0.25) is 0 Å². The third kappa shape index (κ3) is 5.37. The molecule has 4 aromatic carbocycles. The minimum Gasteiger partial charge on any atom is -0.478 e. The molecule has 0 bridgehead atoms. The first kappa shape index (κ1) is 24.4. The van der Waals surface area contributed by atoms with Crippen LogP contribution < -0.4 is 9.21 Å². The summed E-state index contributed by atoms with van der Waals surface area (Å²) in [7, 11) is 3.95. The molecule has 0 aromatic heterocycles. The predicted octanol–water partition coefficient (Wildman–Crippen LogP) is 6.05. The third-order valence-electron chi connectivity index (χ3n) is 6.03. The second kappa shape index (κ2) is 10.7. The maximum Gasteiger partial charge on any atom is 0.335 e. The molecule has 0 aliphatic carbocycles. The van der Waals surface area contributed by atoms with E-state index in [1.807, 2.05) is 85.7 Å².